The molecule has 2 aliphatic rings. The Kier molecular flexibility index (Phi) is 6.40. The molecule has 4 rings (SSSR count). The Labute approximate surface area is 173 Å². The lowest BCUT2D eigenvalue weighted by atomic mass is 9.89. The van der Waals surface area contributed by atoms with Gasteiger partial charge in [0.1, 0.15) is 5.69 Å². The first-order valence-corrected chi connectivity index (χ1v) is 10.9. The first-order valence-electron chi connectivity index (χ1n) is 10.9. The molecular formula is C23H32N4O2. The van der Waals surface area contributed by atoms with Gasteiger partial charge in [-0.3, -0.25) is 9.78 Å². The summed E-state index contributed by atoms with van der Waals surface area (Å²) in [6, 6.07) is 3.87. The zero-order valence-corrected chi connectivity index (χ0v) is 17.6. The lowest BCUT2D eigenvalue weighted by molar-refractivity contribution is 0.0855. The summed E-state index contributed by atoms with van der Waals surface area (Å²) in [7, 11) is 0. The lowest BCUT2D eigenvalue weighted by Crippen LogP contribution is -2.43. The quantitative estimate of drug-likeness (QED) is 0.840. The molecule has 2 aliphatic heterocycles. The Bertz CT molecular complexity index is 840. The molecule has 1 amide bonds. The molecule has 0 bridgehead atoms. The first kappa shape index (κ1) is 20.2. The van der Waals surface area contributed by atoms with Crippen LogP contribution in [0.3, 0.4) is 0 Å². The highest BCUT2D eigenvalue weighted by Crippen LogP contribution is 2.32. The van der Waals surface area contributed by atoms with Crippen molar-refractivity contribution in [1.29, 1.82) is 0 Å². The van der Waals surface area contributed by atoms with E-state index in [0.717, 1.165) is 68.4 Å². The number of aromatic nitrogens is 2. The monoisotopic (exact) mass is 396 g/mol. The van der Waals surface area contributed by atoms with Gasteiger partial charge in [0.2, 0.25) is 0 Å². The third-order valence-electron chi connectivity index (χ3n) is 6.19. The van der Waals surface area contributed by atoms with E-state index in [-0.39, 0.29) is 5.91 Å². The Balaban J connectivity index is 1.46. The zero-order valence-electron chi connectivity index (χ0n) is 17.6. The molecule has 2 saturated heterocycles. The maximum absolute atomic E-state index is 12.9. The van der Waals surface area contributed by atoms with E-state index in [9.17, 15) is 4.79 Å². The van der Waals surface area contributed by atoms with Gasteiger partial charge in [-0.1, -0.05) is 13.8 Å². The van der Waals surface area contributed by atoms with Crippen LogP contribution < -0.4 is 5.32 Å². The fourth-order valence-electron chi connectivity index (χ4n) is 4.95. The molecule has 0 aromatic carbocycles. The van der Waals surface area contributed by atoms with E-state index in [2.05, 4.69) is 34.0 Å². The molecule has 0 unspecified atom stereocenters. The first-order chi connectivity index (χ1) is 14.1. The third-order valence-corrected chi connectivity index (χ3v) is 6.19. The number of carbonyl (C=O) groups is 1. The summed E-state index contributed by atoms with van der Waals surface area (Å²) in [4.78, 5) is 24.2. The third kappa shape index (κ3) is 4.93. The molecule has 0 spiro atoms. The van der Waals surface area contributed by atoms with Crippen LogP contribution in [0.5, 0.6) is 0 Å². The number of ether oxygens (including phenoxy) is 1. The van der Waals surface area contributed by atoms with Crippen molar-refractivity contribution >= 4 is 16.8 Å². The van der Waals surface area contributed by atoms with Gasteiger partial charge >= 0.3 is 0 Å². The molecule has 2 aromatic rings. The van der Waals surface area contributed by atoms with Crippen LogP contribution in [0.2, 0.25) is 0 Å². The number of amides is 1. The number of nitrogens with one attached hydrogen (secondary N) is 1. The van der Waals surface area contributed by atoms with Crippen LogP contribution in [0.15, 0.2) is 24.5 Å². The number of fused-ring (bicyclic) bond motifs is 1. The van der Waals surface area contributed by atoms with E-state index < -0.39 is 0 Å². The number of carbonyl (C=O) groups excluding carboxylic acids is 1. The molecule has 6 nitrogen and oxygen atoms in total. The Morgan fingerprint density at radius 2 is 2.00 bits per heavy atom. The SMILES string of the molecule is C[C@@H]1C[C@H](C)CN(CCNC(=O)c2cc(C3CCOCC3)c3cnccc3n2)C1. The number of rotatable bonds is 5. The van der Waals surface area contributed by atoms with Crippen LogP contribution in [0.4, 0.5) is 0 Å². The number of likely N-dealkylation sites (tertiary alicyclic amines) is 1. The lowest BCUT2D eigenvalue weighted by Gasteiger charge is -2.34. The standard InChI is InChI=1S/C23H32N4O2/c1-16-11-17(2)15-27(14-16)8-7-25-23(28)22-12-19(18-4-9-29-10-5-18)20-13-24-6-3-21(20)26-22/h3,6,12-13,16-18H,4-5,7-11,14-15H2,1-2H3,(H,25,28)/t16-,17+. The number of hydrogen-bond acceptors (Lipinski definition) is 5. The molecule has 6 heteroatoms. The number of piperidine rings is 1. The topological polar surface area (TPSA) is 67.4 Å². The van der Waals surface area contributed by atoms with Crippen LogP contribution in [0, 0.1) is 11.8 Å². The Morgan fingerprint density at radius 3 is 2.76 bits per heavy atom. The van der Waals surface area contributed by atoms with Crippen molar-refractivity contribution in [3.8, 4) is 0 Å². The highest BCUT2D eigenvalue weighted by molar-refractivity contribution is 5.96. The van der Waals surface area contributed by atoms with Gasteiger partial charge in [0.15, 0.2) is 0 Å². The normalized spacial score (nSPS) is 23.9. The molecular weight excluding hydrogens is 364 g/mol. The van der Waals surface area contributed by atoms with Gasteiger partial charge in [-0.15, -0.1) is 0 Å². The Hall–Kier alpha value is -2.05. The average molecular weight is 397 g/mol. The molecule has 2 aromatic heterocycles. The minimum absolute atomic E-state index is 0.0878. The fraction of sp³-hybridized carbons (Fsp3) is 0.609. The predicted octanol–water partition coefficient (Wildman–Crippen LogP) is 3.23. The summed E-state index contributed by atoms with van der Waals surface area (Å²) >= 11 is 0. The van der Waals surface area contributed by atoms with Gasteiger partial charge in [0.05, 0.1) is 5.52 Å². The second-order valence-corrected chi connectivity index (χ2v) is 8.84. The zero-order chi connectivity index (χ0) is 20.2. The molecule has 0 saturated carbocycles. The molecule has 2 atom stereocenters. The molecule has 156 valence electrons. The molecule has 0 radical (unpaired) electrons. The molecule has 0 aliphatic carbocycles. The summed E-state index contributed by atoms with van der Waals surface area (Å²) in [5.41, 5.74) is 2.52. The highest BCUT2D eigenvalue weighted by Gasteiger charge is 2.23. The van der Waals surface area contributed by atoms with E-state index in [1.54, 1.807) is 6.20 Å². The smallest absolute Gasteiger partial charge is 0.269 e. The van der Waals surface area contributed by atoms with Crippen molar-refractivity contribution in [1.82, 2.24) is 20.2 Å². The van der Waals surface area contributed by atoms with Gasteiger partial charge < -0.3 is 15.0 Å². The molecule has 1 N–H and O–H groups in total. The van der Waals surface area contributed by atoms with E-state index in [0.29, 0.717) is 18.2 Å². The van der Waals surface area contributed by atoms with Crippen molar-refractivity contribution in [3.05, 3.63) is 35.8 Å². The molecule has 2 fully saturated rings. The molecule has 29 heavy (non-hydrogen) atoms. The van der Waals surface area contributed by atoms with Crippen molar-refractivity contribution in [2.75, 3.05) is 39.4 Å². The van der Waals surface area contributed by atoms with Gasteiger partial charge in [-0.05, 0) is 54.7 Å². The van der Waals surface area contributed by atoms with Crippen LogP contribution >= 0.6 is 0 Å². The fourth-order valence-corrected chi connectivity index (χ4v) is 4.95. The van der Waals surface area contributed by atoms with Gasteiger partial charge in [0, 0.05) is 57.2 Å². The summed E-state index contributed by atoms with van der Waals surface area (Å²) in [5, 5.41) is 4.14. The summed E-state index contributed by atoms with van der Waals surface area (Å²) in [6.07, 6.45) is 6.85. The second-order valence-electron chi connectivity index (χ2n) is 8.84. The van der Waals surface area contributed by atoms with E-state index >= 15 is 0 Å². The van der Waals surface area contributed by atoms with Gasteiger partial charge in [-0.2, -0.15) is 0 Å². The van der Waals surface area contributed by atoms with Crippen LogP contribution in [-0.4, -0.2) is 60.2 Å². The van der Waals surface area contributed by atoms with E-state index in [1.165, 1.54) is 12.0 Å². The van der Waals surface area contributed by atoms with Crippen LogP contribution in [-0.2, 0) is 4.74 Å². The number of hydrogen-bond donors (Lipinski definition) is 1. The minimum atomic E-state index is -0.0878. The number of nitrogens with zero attached hydrogens (tertiary/aromatic N) is 3. The van der Waals surface area contributed by atoms with Crippen molar-refractivity contribution in [2.24, 2.45) is 11.8 Å². The largest absolute Gasteiger partial charge is 0.381 e. The maximum Gasteiger partial charge on any atom is 0.269 e. The van der Waals surface area contributed by atoms with E-state index in [1.807, 2.05) is 18.3 Å². The van der Waals surface area contributed by atoms with Crippen LogP contribution in [0.1, 0.15) is 55.1 Å². The predicted molar refractivity (Wildman–Crippen MR) is 114 cm³/mol. The van der Waals surface area contributed by atoms with Gasteiger partial charge in [0.25, 0.3) is 5.91 Å². The van der Waals surface area contributed by atoms with Crippen molar-refractivity contribution in [2.45, 2.75) is 39.0 Å². The van der Waals surface area contributed by atoms with Crippen molar-refractivity contribution < 1.29 is 9.53 Å². The summed E-state index contributed by atoms with van der Waals surface area (Å²) in [5.74, 6) is 1.76. The Morgan fingerprint density at radius 1 is 1.24 bits per heavy atom. The summed E-state index contributed by atoms with van der Waals surface area (Å²) in [6.45, 7) is 9.95. The van der Waals surface area contributed by atoms with Crippen LogP contribution in [0.25, 0.3) is 10.9 Å². The van der Waals surface area contributed by atoms with Crippen molar-refractivity contribution in [3.63, 3.8) is 0 Å². The van der Waals surface area contributed by atoms with E-state index in [4.69, 9.17) is 4.74 Å². The average Bonchev–Trinajstić information content (AvgIpc) is 2.73. The highest BCUT2D eigenvalue weighted by atomic mass is 16.5. The summed E-state index contributed by atoms with van der Waals surface area (Å²) < 4.78 is 5.52. The maximum atomic E-state index is 12.9. The molecule has 4 heterocycles. The number of pyridine rings is 2. The minimum Gasteiger partial charge on any atom is -0.381 e. The van der Waals surface area contributed by atoms with Gasteiger partial charge in [-0.25, -0.2) is 4.98 Å². The second kappa shape index (κ2) is 9.18.